The highest BCUT2D eigenvalue weighted by Crippen LogP contribution is 2.26. The highest BCUT2D eigenvalue weighted by Gasteiger charge is 2.15. The molecule has 0 radical (unpaired) electrons. The van der Waals surface area contributed by atoms with Crippen LogP contribution < -0.4 is 4.74 Å². The molecule has 4 nitrogen and oxygen atoms in total. The van der Waals surface area contributed by atoms with E-state index >= 15 is 0 Å². The Morgan fingerprint density at radius 2 is 2.12 bits per heavy atom. The lowest BCUT2D eigenvalue weighted by atomic mass is 10.0. The Balaban J connectivity index is 2.09. The molecule has 0 bridgehead atoms. The molecule has 16 heavy (non-hydrogen) atoms. The van der Waals surface area contributed by atoms with E-state index in [9.17, 15) is 9.59 Å². The largest absolute Gasteiger partial charge is 0.493 e. The minimum atomic E-state index is -0.946. The number of rotatable bonds is 4. The van der Waals surface area contributed by atoms with E-state index in [1.54, 1.807) is 18.2 Å². The molecule has 1 N–H and O–H groups in total. The summed E-state index contributed by atoms with van der Waals surface area (Å²) in [6.07, 6.45) is 0.747. The van der Waals surface area contributed by atoms with Crippen LogP contribution in [0.5, 0.6) is 5.75 Å². The number of benzene rings is 1. The Kier molecular flexibility index (Phi) is 2.90. The lowest BCUT2D eigenvalue weighted by molar-refractivity contribution is -0.136. The molecule has 0 unspecified atom stereocenters. The standard InChI is InChI=1S/C12H12O4/c13-10(2-4-12(14)15)8-1-3-11-9(7-8)5-6-16-11/h1,3,7H,2,4-6H2,(H,14,15). The van der Waals surface area contributed by atoms with Crippen LogP contribution in [0.15, 0.2) is 18.2 Å². The summed E-state index contributed by atoms with van der Waals surface area (Å²) in [7, 11) is 0. The Bertz CT molecular complexity index is 437. The van der Waals surface area contributed by atoms with Gasteiger partial charge in [-0.1, -0.05) is 0 Å². The van der Waals surface area contributed by atoms with Gasteiger partial charge >= 0.3 is 5.97 Å². The fourth-order valence-electron chi connectivity index (χ4n) is 1.72. The van der Waals surface area contributed by atoms with E-state index in [-0.39, 0.29) is 18.6 Å². The monoisotopic (exact) mass is 220 g/mol. The predicted molar refractivity (Wildman–Crippen MR) is 56.8 cm³/mol. The first-order valence-electron chi connectivity index (χ1n) is 5.17. The van der Waals surface area contributed by atoms with Crippen LogP contribution in [0.2, 0.25) is 0 Å². The minimum Gasteiger partial charge on any atom is -0.493 e. The molecule has 1 aromatic carbocycles. The number of carbonyl (C=O) groups excluding carboxylic acids is 1. The summed E-state index contributed by atoms with van der Waals surface area (Å²) in [6.45, 7) is 0.655. The molecule has 1 aliphatic rings. The van der Waals surface area contributed by atoms with Gasteiger partial charge in [0, 0.05) is 18.4 Å². The molecule has 1 heterocycles. The molecule has 0 spiro atoms. The minimum absolute atomic E-state index is 0.0506. The fourth-order valence-corrected chi connectivity index (χ4v) is 1.72. The molecule has 1 aromatic rings. The number of ether oxygens (including phenoxy) is 1. The van der Waals surface area contributed by atoms with Gasteiger partial charge in [-0.3, -0.25) is 9.59 Å². The first-order valence-corrected chi connectivity index (χ1v) is 5.17. The maximum atomic E-state index is 11.6. The average molecular weight is 220 g/mol. The lowest BCUT2D eigenvalue weighted by Crippen LogP contribution is -2.04. The summed E-state index contributed by atoms with van der Waals surface area (Å²) in [5, 5.41) is 8.49. The van der Waals surface area contributed by atoms with Gasteiger partial charge < -0.3 is 9.84 Å². The van der Waals surface area contributed by atoms with Crippen LogP contribution in [0.25, 0.3) is 0 Å². The van der Waals surface area contributed by atoms with Crippen LogP contribution in [0.3, 0.4) is 0 Å². The van der Waals surface area contributed by atoms with Crippen molar-refractivity contribution in [2.75, 3.05) is 6.61 Å². The van der Waals surface area contributed by atoms with E-state index in [2.05, 4.69) is 0 Å². The second kappa shape index (κ2) is 4.35. The first-order chi connectivity index (χ1) is 7.66. The Labute approximate surface area is 92.8 Å². The fraction of sp³-hybridized carbons (Fsp3) is 0.333. The third kappa shape index (κ3) is 2.21. The molecule has 0 aliphatic carbocycles. The predicted octanol–water partition coefficient (Wildman–Crippen LogP) is 1.67. The third-order valence-corrected chi connectivity index (χ3v) is 2.58. The van der Waals surface area contributed by atoms with Crippen molar-refractivity contribution in [3.05, 3.63) is 29.3 Å². The number of ketones is 1. The number of fused-ring (bicyclic) bond motifs is 1. The molecule has 0 saturated carbocycles. The quantitative estimate of drug-likeness (QED) is 0.784. The second-order valence-corrected chi connectivity index (χ2v) is 3.74. The van der Waals surface area contributed by atoms with Crippen LogP contribution in [0, 0.1) is 0 Å². The van der Waals surface area contributed by atoms with Crippen LogP contribution in [-0.4, -0.2) is 23.5 Å². The van der Waals surface area contributed by atoms with Crippen LogP contribution in [0.4, 0.5) is 0 Å². The van der Waals surface area contributed by atoms with Crippen molar-refractivity contribution in [3.8, 4) is 5.75 Å². The summed E-state index contributed by atoms with van der Waals surface area (Å²) in [5.41, 5.74) is 1.60. The first kappa shape index (κ1) is 10.7. The maximum Gasteiger partial charge on any atom is 0.303 e. The Morgan fingerprint density at radius 3 is 2.88 bits per heavy atom. The molecule has 2 rings (SSSR count). The van der Waals surface area contributed by atoms with Gasteiger partial charge in [0.25, 0.3) is 0 Å². The number of carboxylic acids is 1. The summed E-state index contributed by atoms with van der Waals surface area (Å²) in [6, 6.07) is 5.26. The summed E-state index contributed by atoms with van der Waals surface area (Å²) < 4.78 is 5.33. The van der Waals surface area contributed by atoms with Crippen LogP contribution in [0.1, 0.15) is 28.8 Å². The zero-order valence-corrected chi connectivity index (χ0v) is 8.73. The number of hydrogen-bond donors (Lipinski definition) is 1. The van der Waals surface area contributed by atoms with Crippen LogP contribution >= 0.6 is 0 Å². The van der Waals surface area contributed by atoms with E-state index in [1.807, 2.05) is 0 Å². The molecule has 0 fully saturated rings. The third-order valence-electron chi connectivity index (χ3n) is 2.58. The van der Waals surface area contributed by atoms with Gasteiger partial charge in [-0.25, -0.2) is 0 Å². The molecule has 0 aromatic heterocycles. The summed E-state index contributed by atoms with van der Waals surface area (Å²) in [4.78, 5) is 22.0. The number of aliphatic carboxylic acids is 1. The number of hydrogen-bond acceptors (Lipinski definition) is 3. The smallest absolute Gasteiger partial charge is 0.303 e. The molecule has 0 atom stereocenters. The average Bonchev–Trinajstić information content (AvgIpc) is 2.72. The van der Waals surface area contributed by atoms with Gasteiger partial charge in [-0.05, 0) is 23.8 Å². The highest BCUT2D eigenvalue weighted by atomic mass is 16.5. The van der Waals surface area contributed by atoms with E-state index in [0.717, 1.165) is 17.7 Å². The van der Waals surface area contributed by atoms with Gasteiger partial charge in [-0.15, -0.1) is 0 Å². The van der Waals surface area contributed by atoms with Gasteiger partial charge in [0.2, 0.25) is 0 Å². The molecule has 0 amide bonds. The number of Topliss-reactive ketones (excluding diaryl/α,β-unsaturated/α-hetero) is 1. The topological polar surface area (TPSA) is 63.6 Å². The molecule has 1 aliphatic heterocycles. The van der Waals surface area contributed by atoms with Crippen molar-refractivity contribution in [1.29, 1.82) is 0 Å². The lowest BCUT2D eigenvalue weighted by Gasteiger charge is -2.02. The molecule has 4 heteroatoms. The van der Waals surface area contributed by atoms with Crippen molar-refractivity contribution >= 4 is 11.8 Å². The molecule has 0 saturated heterocycles. The van der Waals surface area contributed by atoms with E-state index in [4.69, 9.17) is 9.84 Å². The van der Waals surface area contributed by atoms with Crippen molar-refractivity contribution in [1.82, 2.24) is 0 Å². The number of carbonyl (C=O) groups is 2. The second-order valence-electron chi connectivity index (χ2n) is 3.74. The zero-order valence-electron chi connectivity index (χ0n) is 8.73. The van der Waals surface area contributed by atoms with E-state index in [0.29, 0.717) is 12.2 Å². The molecular weight excluding hydrogens is 208 g/mol. The van der Waals surface area contributed by atoms with E-state index < -0.39 is 5.97 Å². The highest BCUT2D eigenvalue weighted by molar-refractivity contribution is 5.97. The summed E-state index contributed by atoms with van der Waals surface area (Å²) in [5.74, 6) is -0.246. The van der Waals surface area contributed by atoms with Crippen LogP contribution in [-0.2, 0) is 11.2 Å². The van der Waals surface area contributed by atoms with Gasteiger partial charge in [0.15, 0.2) is 5.78 Å². The normalized spacial score (nSPS) is 13.0. The van der Waals surface area contributed by atoms with Gasteiger partial charge in [0.1, 0.15) is 5.75 Å². The van der Waals surface area contributed by atoms with Crippen molar-refractivity contribution in [2.24, 2.45) is 0 Å². The molecule has 84 valence electrons. The molecular formula is C12H12O4. The Morgan fingerprint density at radius 1 is 1.31 bits per heavy atom. The van der Waals surface area contributed by atoms with E-state index in [1.165, 1.54) is 0 Å². The van der Waals surface area contributed by atoms with Gasteiger partial charge in [-0.2, -0.15) is 0 Å². The van der Waals surface area contributed by atoms with Crippen molar-refractivity contribution in [2.45, 2.75) is 19.3 Å². The zero-order chi connectivity index (χ0) is 11.5. The van der Waals surface area contributed by atoms with Crippen molar-refractivity contribution in [3.63, 3.8) is 0 Å². The Hall–Kier alpha value is -1.84. The number of carboxylic acid groups (broad SMARTS) is 1. The summed E-state index contributed by atoms with van der Waals surface area (Å²) >= 11 is 0. The SMILES string of the molecule is O=C(O)CCC(=O)c1ccc2c(c1)CCO2. The maximum absolute atomic E-state index is 11.6. The van der Waals surface area contributed by atoms with Gasteiger partial charge in [0.05, 0.1) is 13.0 Å². The van der Waals surface area contributed by atoms with Crippen molar-refractivity contribution < 1.29 is 19.4 Å².